The van der Waals surface area contributed by atoms with Crippen LogP contribution in [0.3, 0.4) is 0 Å². The second kappa shape index (κ2) is 11.1. The van der Waals surface area contributed by atoms with E-state index in [2.05, 4.69) is 39.0 Å². The van der Waals surface area contributed by atoms with E-state index in [1.165, 1.54) is 17.7 Å². The summed E-state index contributed by atoms with van der Waals surface area (Å²) < 4.78 is 26.9. The minimum Gasteiger partial charge on any atom is -0.352 e. The molecule has 0 bridgehead atoms. The molecule has 0 radical (unpaired) electrons. The molecule has 1 aliphatic heterocycles. The lowest BCUT2D eigenvalue weighted by Crippen LogP contribution is -2.43. The van der Waals surface area contributed by atoms with Crippen molar-refractivity contribution in [3.05, 3.63) is 64.7 Å². The fraction of sp³-hybridized carbons (Fsp3) is 0.409. The Morgan fingerprint density at radius 1 is 1.03 bits per heavy atom. The maximum Gasteiger partial charge on any atom is 0.240 e. The van der Waals surface area contributed by atoms with E-state index in [4.69, 9.17) is 11.6 Å². The highest BCUT2D eigenvalue weighted by Gasteiger charge is 2.15. The number of amides is 1. The number of rotatable bonds is 9. The molecule has 0 saturated carbocycles. The number of nitrogens with one attached hydrogen (secondary N) is 2. The summed E-state index contributed by atoms with van der Waals surface area (Å²) in [4.78, 5) is 17.0. The summed E-state index contributed by atoms with van der Waals surface area (Å²) >= 11 is 5.85. The van der Waals surface area contributed by atoms with Gasteiger partial charge < -0.3 is 10.2 Å². The first kappa shape index (κ1) is 23.7. The number of nitrogens with zero attached hydrogens (tertiary/aromatic N) is 2. The first-order chi connectivity index (χ1) is 14.8. The number of benzene rings is 2. The van der Waals surface area contributed by atoms with Crippen LogP contribution in [0, 0.1) is 0 Å². The molecule has 2 aromatic carbocycles. The second-order valence-electron chi connectivity index (χ2n) is 7.78. The number of piperazine rings is 1. The SMILES string of the molecule is CN1CCN(Cc2cccc(CNC(=O)CCNS(=O)(=O)c3cccc(Cl)c3)c2)CC1. The maximum absolute atomic E-state index is 12.3. The number of hydrogen-bond donors (Lipinski definition) is 2. The third-order valence-corrected chi connectivity index (χ3v) is 6.93. The highest BCUT2D eigenvalue weighted by molar-refractivity contribution is 7.89. The monoisotopic (exact) mass is 464 g/mol. The average molecular weight is 465 g/mol. The van der Waals surface area contributed by atoms with Crippen molar-refractivity contribution in [2.45, 2.75) is 24.4 Å². The summed E-state index contributed by atoms with van der Waals surface area (Å²) in [6, 6.07) is 14.2. The first-order valence-electron chi connectivity index (χ1n) is 10.3. The average Bonchev–Trinajstić information content (AvgIpc) is 2.74. The molecule has 0 aromatic heterocycles. The summed E-state index contributed by atoms with van der Waals surface area (Å²) in [5.41, 5.74) is 2.25. The Kier molecular flexibility index (Phi) is 8.45. The van der Waals surface area contributed by atoms with E-state index < -0.39 is 10.0 Å². The lowest BCUT2D eigenvalue weighted by molar-refractivity contribution is -0.121. The van der Waals surface area contributed by atoms with Crippen LogP contribution in [-0.4, -0.2) is 63.9 Å². The highest BCUT2D eigenvalue weighted by Crippen LogP contribution is 2.15. The van der Waals surface area contributed by atoms with Gasteiger partial charge in [0.1, 0.15) is 0 Å². The molecule has 0 atom stereocenters. The standard InChI is InChI=1S/C22H29ClN4O3S/c1-26-10-12-27(13-11-26)17-19-5-2-4-18(14-19)16-24-22(28)8-9-25-31(29,30)21-7-3-6-20(23)15-21/h2-7,14-15,25H,8-13,16-17H2,1H3,(H,24,28). The number of hydrogen-bond acceptors (Lipinski definition) is 5. The Bertz CT molecular complexity index is 992. The van der Waals surface area contributed by atoms with Crippen LogP contribution in [0.1, 0.15) is 17.5 Å². The Hall–Kier alpha value is -1.97. The molecule has 0 unspecified atom stereocenters. The normalized spacial score (nSPS) is 15.7. The zero-order valence-corrected chi connectivity index (χ0v) is 19.3. The van der Waals surface area contributed by atoms with Gasteiger partial charge in [-0.1, -0.05) is 41.9 Å². The first-order valence-corrected chi connectivity index (χ1v) is 12.2. The Balaban J connectivity index is 1.42. The zero-order chi connectivity index (χ0) is 22.3. The van der Waals surface area contributed by atoms with E-state index in [0.29, 0.717) is 11.6 Å². The van der Waals surface area contributed by atoms with Crippen molar-refractivity contribution in [3.63, 3.8) is 0 Å². The van der Waals surface area contributed by atoms with Gasteiger partial charge in [-0.05, 0) is 36.4 Å². The molecular formula is C22H29ClN4O3S. The molecule has 0 aliphatic carbocycles. The van der Waals surface area contributed by atoms with Gasteiger partial charge in [0.15, 0.2) is 0 Å². The fourth-order valence-electron chi connectivity index (χ4n) is 3.41. The summed E-state index contributed by atoms with van der Waals surface area (Å²) in [7, 11) is -1.55. The van der Waals surface area contributed by atoms with Gasteiger partial charge >= 0.3 is 0 Å². The third-order valence-electron chi connectivity index (χ3n) is 5.23. The predicted molar refractivity (Wildman–Crippen MR) is 122 cm³/mol. The van der Waals surface area contributed by atoms with E-state index in [1.807, 2.05) is 12.1 Å². The smallest absolute Gasteiger partial charge is 0.240 e. The molecule has 31 heavy (non-hydrogen) atoms. The van der Waals surface area contributed by atoms with Crippen LogP contribution in [0.2, 0.25) is 5.02 Å². The number of carbonyl (C=O) groups is 1. The van der Waals surface area contributed by atoms with Gasteiger partial charge in [-0.3, -0.25) is 9.69 Å². The maximum atomic E-state index is 12.3. The number of likely N-dealkylation sites (N-methyl/N-ethyl adjacent to an activating group) is 1. The molecule has 1 aliphatic rings. The summed E-state index contributed by atoms with van der Waals surface area (Å²) in [5, 5.41) is 3.20. The van der Waals surface area contributed by atoms with Crippen molar-refractivity contribution in [1.82, 2.24) is 19.8 Å². The van der Waals surface area contributed by atoms with Crippen molar-refractivity contribution >= 4 is 27.5 Å². The molecule has 1 fully saturated rings. The van der Waals surface area contributed by atoms with Crippen molar-refractivity contribution in [1.29, 1.82) is 0 Å². The van der Waals surface area contributed by atoms with E-state index in [1.54, 1.807) is 12.1 Å². The largest absolute Gasteiger partial charge is 0.352 e. The molecule has 168 valence electrons. The summed E-state index contributed by atoms with van der Waals surface area (Å²) in [6.07, 6.45) is 0.0563. The van der Waals surface area contributed by atoms with Crippen molar-refractivity contribution in [2.75, 3.05) is 39.8 Å². The van der Waals surface area contributed by atoms with Crippen LogP contribution in [-0.2, 0) is 27.9 Å². The van der Waals surface area contributed by atoms with Gasteiger partial charge in [-0.25, -0.2) is 13.1 Å². The molecular weight excluding hydrogens is 436 g/mol. The Morgan fingerprint density at radius 2 is 1.74 bits per heavy atom. The minimum atomic E-state index is -3.69. The van der Waals surface area contributed by atoms with Crippen LogP contribution in [0.25, 0.3) is 0 Å². The van der Waals surface area contributed by atoms with Crippen LogP contribution in [0.15, 0.2) is 53.4 Å². The van der Waals surface area contributed by atoms with E-state index >= 15 is 0 Å². The Labute approximate surface area is 189 Å². The predicted octanol–water partition coefficient (Wildman–Crippen LogP) is 2.07. The quantitative estimate of drug-likeness (QED) is 0.593. The number of halogens is 1. The summed E-state index contributed by atoms with van der Waals surface area (Å²) in [6.45, 7) is 5.61. The van der Waals surface area contributed by atoms with Crippen LogP contribution >= 0.6 is 11.6 Å². The number of sulfonamides is 1. The molecule has 2 N–H and O–H groups in total. The van der Waals surface area contributed by atoms with Crippen LogP contribution < -0.4 is 10.0 Å². The molecule has 9 heteroatoms. The molecule has 2 aromatic rings. The molecule has 3 rings (SSSR count). The molecule has 1 saturated heterocycles. The molecule has 1 heterocycles. The Morgan fingerprint density at radius 3 is 2.48 bits per heavy atom. The summed E-state index contributed by atoms with van der Waals surface area (Å²) in [5.74, 6) is -0.210. The fourth-order valence-corrected chi connectivity index (χ4v) is 4.74. The molecule has 1 amide bonds. The van der Waals surface area contributed by atoms with Crippen LogP contribution in [0.5, 0.6) is 0 Å². The van der Waals surface area contributed by atoms with E-state index in [0.717, 1.165) is 38.3 Å². The van der Waals surface area contributed by atoms with Crippen LogP contribution in [0.4, 0.5) is 0 Å². The zero-order valence-electron chi connectivity index (χ0n) is 17.7. The number of carbonyl (C=O) groups excluding carboxylic acids is 1. The van der Waals surface area contributed by atoms with Crippen molar-refractivity contribution < 1.29 is 13.2 Å². The van der Waals surface area contributed by atoms with Gasteiger partial charge in [0, 0.05) is 57.3 Å². The molecule has 7 nitrogen and oxygen atoms in total. The minimum absolute atomic E-state index is 0.0180. The lowest BCUT2D eigenvalue weighted by atomic mass is 10.1. The van der Waals surface area contributed by atoms with E-state index in [-0.39, 0.29) is 23.8 Å². The molecule has 0 spiro atoms. The topological polar surface area (TPSA) is 81.8 Å². The lowest BCUT2D eigenvalue weighted by Gasteiger charge is -2.32. The third kappa shape index (κ3) is 7.59. The highest BCUT2D eigenvalue weighted by atomic mass is 35.5. The van der Waals surface area contributed by atoms with Crippen molar-refractivity contribution in [3.8, 4) is 0 Å². The van der Waals surface area contributed by atoms with Gasteiger partial charge in [0.25, 0.3) is 0 Å². The second-order valence-corrected chi connectivity index (χ2v) is 9.98. The van der Waals surface area contributed by atoms with E-state index in [9.17, 15) is 13.2 Å². The van der Waals surface area contributed by atoms with Gasteiger partial charge in [0.05, 0.1) is 4.90 Å². The van der Waals surface area contributed by atoms with Gasteiger partial charge in [-0.15, -0.1) is 0 Å². The van der Waals surface area contributed by atoms with Crippen molar-refractivity contribution in [2.24, 2.45) is 0 Å². The van der Waals surface area contributed by atoms with Gasteiger partial charge in [0.2, 0.25) is 15.9 Å². The van der Waals surface area contributed by atoms with Gasteiger partial charge in [-0.2, -0.15) is 0 Å².